The zero-order valence-corrected chi connectivity index (χ0v) is 14.3. The Bertz CT molecular complexity index is 631. The molecule has 0 spiro atoms. The van der Waals surface area contributed by atoms with E-state index in [0.29, 0.717) is 18.7 Å². The highest BCUT2D eigenvalue weighted by molar-refractivity contribution is 7.88. The van der Waals surface area contributed by atoms with Gasteiger partial charge in [-0.25, -0.2) is 17.9 Å². The van der Waals surface area contributed by atoms with Gasteiger partial charge in [0.1, 0.15) is 0 Å². The van der Waals surface area contributed by atoms with Gasteiger partial charge in [0.05, 0.1) is 24.6 Å². The molecule has 1 atom stereocenters. The largest absolute Gasteiger partial charge is 0.465 e. The molecule has 0 saturated carbocycles. The molecule has 0 radical (unpaired) electrons. The smallest absolute Gasteiger partial charge is 0.339 e. The van der Waals surface area contributed by atoms with E-state index in [9.17, 15) is 13.2 Å². The number of esters is 1. The van der Waals surface area contributed by atoms with Gasteiger partial charge in [-0.05, 0) is 31.5 Å². The lowest BCUT2D eigenvalue weighted by atomic mass is 10.0. The van der Waals surface area contributed by atoms with Crippen LogP contribution in [-0.4, -0.2) is 56.8 Å². The topological polar surface area (TPSA) is 88.6 Å². The van der Waals surface area contributed by atoms with Crippen LogP contribution >= 0.6 is 0 Å². The van der Waals surface area contributed by atoms with Crippen LogP contribution in [0.1, 0.15) is 35.3 Å². The molecule has 1 aliphatic rings. The van der Waals surface area contributed by atoms with E-state index in [-0.39, 0.29) is 6.04 Å². The number of rotatable bonds is 6. The van der Waals surface area contributed by atoms with Gasteiger partial charge in [-0.2, -0.15) is 0 Å². The van der Waals surface area contributed by atoms with E-state index in [1.807, 2.05) is 6.07 Å². The van der Waals surface area contributed by atoms with Gasteiger partial charge < -0.3 is 4.74 Å². The molecule has 7 nitrogen and oxygen atoms in total. The summed E-state index contributed by atoms with van der Waals surface area (Å²) >= 11 is 0. The molecule has 0 aliphatic carbocycles. The minimum absolute atomic E-state index is 0.167. The van der Waals surface area contributed by atoms with Gasteiger partial charge >= 0.3 is 5.97 Å². The van der Waals surface area contributed by atoms with E-state index < -0.39 is 16.0 Å². The van der Waals surface area contributed by atoms with Gasteiger partial charge in [0.25, 0.3) is 0 Å². The third kappa shape index (κ3) is 5.56. The molecule has 23 heavy (non-hydrogen) atoms. The van der Waals surface area contributed by atoms with Crippen molar-refractivity contribution in [3.8, 4) is 0 Å². The lowest BCUT2D eigenvalue weighted by Crippen LogP contribution is -2.46. The van der Waals surface area contributed by atoms with Crippen molar-refractivity contribution >= 4 is 16.0 Å². The Morgan fingerprint density at radius 2 is 2.22 bits per heavy atom. The molecule has 8 heteroatoms. The lowest BCUT2D eigenvalue weighted by molar-refractivity contribution is 0.0600. The Labute approximate surface area is 137 Å². The first-order chi connectivity index (χ1) is 10.9. The molecule has 2 heterocycles. The molecular weight excluding hydrogens is 318 g/mol. The van der Waals surface area contributed by atoms with E-state index in [1.165, 1.54) is 19.6 Å². The van der Waals surface area contributed by atoms with Crippen LogP contribution in [0.5, 0.6) is 0 Å². The van der Waals surface area contributed by atoms with Gasteiger partial charge in [0, 0.05) is 25.3 Å². The first-order valence-corrected chi connectivity index (χ1v) is 9.50. The first-order valence-electron chi connectivity index (χ1n) is 7.61. The van der Waals surface area contributed by atoms with Crippen LogP contribution in [0, 0.1) is 0 Å². The third-order valence-corrected chi connectivity index (χ3v) is 4.63. The van der Waals surface area contributed by atoms with Crippen molar-refractivity contribution in [3.05, 3.63) is 29.6 Å². The molecule has 1 N–H and O–H groups in total. The fraction of sp³-hybridized carbons (Fsp3) is 0.600. The van der Waals surface area contributed by atoms with E-state index in [1.54, 1.807) is 6.07 Å². The van der Waals surface area contributed by atoms with Crippen LogP contribution in [0.4, 0.5) is 0 Å². The van der Waals surface area contributed by atoms with Crippen molar-refractivity contribution < 1.29 is 17.9 Å². The second kappa shape index (κ2) is 7.85. The molecule has 0 bridgehead atoms. The minimum atomic E-state index is -3.18. The number of carbonyl (C=O) groups is 1. The van der Waals surface area contributed by atoms with Crippen molar-refractivity contribution in [1.29, 1.82) is 0 Å². The molecule has 0 amide bonds. The van der Waals surface area contributed by atoms with Gasteiger partial charge in [0.15, 0.2) is 0 Å². The SMILES string of the molecule is COC(=O)c1ccc(CN2CCCC[C@H]2CNS(C)(=O)=O)nc1. The van der Waals surface area contributed by atoms with Crippen LogP contribution in [0.25, 0.3) is 0 Å². The molecule has 1 saturated heterocycles. The predicted octanol–water partition coefficient (Wildman–Crippen LogP) is 0.772. The minimum Gasteiger partial charge on any atom is -0.465 e. The van der Waals surface area contributed by atoms with E-state index in [0.717, 1.165) is 31.5 Å². The number of methoxy groups -OCH3 is 1. The van der Waals surface area contributed by atoms with Crippen molar-refractivity contribution in [2.24, 2.45) is 0 Å². The Kier molecular flexibility index (Phi) is 6.09. The number of sulfonamides is 1. The number of likely N-dealkylation sites (tertiary alicyclic amines) is 1. The maximum Gasteiger partial charge on any atom is 0.339 e. The number of nitrogens with one attached hydrogen (secondary N) is 1. The summed E-state index contributed by atoms with van der Waals surface area (Å²) in [6.07, 6.45) is 5.84. The summed E-state index contributed by atoms with van der Waals surface area (Å²) in [6.45, 7) is 1.97. The molecule has 128 valence electrons. The van der Waals surface area contributed by atoms with E-state index in [4.69, 9.17) is 0 Å². The number of piperidine rings is 1. The number of hydrogen-bond donors (Lipinski definition) is 1. The number of nitrogens with zero attached hydrogens (tertiary/aromatic N) is 2. The van der Waals surface area contributed by atoms with Crippen molar-refractivity contribution in [1.82, 2.24) is 14.6 Å². The summed E-state index contributed by atoms with van der Waals surface area (Å²) in [5.41, 5.74) is 1.27. The number of aromatic nitrogens is 1. The van der Waals surface area contributed by atoms with Gasteiger partial charge in [-0.1, -0.05) is 6.42 Å². The van der Waals surface area contributed by atoms with Crippen LogP contribution in [0.2, 0.25) is 0 Å². The van der Waals surface area contributed by atoms with Crippen LogP contribution < -0.4 is 4.72 Å². The summed E-state index contributed by atoms with van der Waals surface area (Å²) in [5.74, 6) is -0.405. The maximum absolute atomic E-state index is 11.4. The van der Waals surface area contributed by atoms with Crippen LogP contribution in [-0.2, 0) is 21.3 Å². The monoisotopic (exact) mass is 341 g/mol. The predicted molar refractivity (Wildman–Crippen MR) is 86.5 cm³/mol. The molecule has 1 aromatic heterocycles. The highest BCUT2D eigenvalue weighted by Crippen LogP contribution is 2.19. The van der Waals surface area contributed by atoms with Gasteiger partial charge in [-0.15, -0.1) is 0 Å². The van der Waals surface area contributed by atoms with Gasteiger partial charge in [-0.3, -0.25) is 9.88 Å². The Hall–Kier alpha value is -1.51. The molecule has 0 unspecified atom stereocenters. The summed E-state index contributed by atoms with van der Waals surface area (Å²) in [4.78, 5) is 18.0. The van der Waals surface area contributed by atoms with Gasteiger partial charge in [0.2, 0.25) is 10.0 Å². The lowest BCUT2D eigenvalue weighted by Gasteiger charge is -2.35. The second-order valence-electron chi connectivity index (χ2n) is 5.77. The normalized spacial score (nSPS) is 19.5. The first kappa shape index (κ1) is 17.8. The molecular formula is C15H23N3O4S. The maximum atomic E-state index is 11.4. The summed E-state index contributed by atoms with van der Waals surface area (Å²) in [5, 5.41) is 0. The van der Waals surface area contributed by atoms with E-state index >= 15 is 0 Å². The number of carbonyl (C=O) groups excluding carboxylic acids is 1. The van der Waals surface area contributed by atoms with Crippen molar-refractivity contribution in [2.75, 3.05) is 26.5 Å². The molecule has 2 rings (SSSR count). The fourth-order valence-electron chi connectivity index (χ4n) is 2.71. The van der Waals surface area contributed by atoms with Crippen LogP contribution in [0.15, 0.2) is 18.3 Å². The van der Waals surface area contributed by atoms with Crippen molar-refractivity contribution in [3.63, 3.8) is 0 Å². The Morgan fingerprint density at radius 1 is 1.43 bits per heavy atom. The summed E-state index contributed by atoms with van der Waals surface area (Å²) < 4.78 is 29.8. The zero-order chi connectivity index (χ0) is 16.9. The Balaban J connectivity index is 1.99. The average molecular weight is 341 g/mol. The summed E-state index contributed by atoms with van der Waals surface area (Å²) in [7, 11) is -1.84. The standard InChI is InChI=1S/C15H23N3O4S/c1-22-15(19)12-6-7-13(16-9-12)11-18-8-4-3-5-14(18)10-17-23(2,20)21/h6-7,9,14,17H,3-5,8,10-11H2,1-2H3/t14-/m0/s1. The number of ether oxygens (including phenoxy) is 1. The molecule has 1 aliphatic heterocycles. The molecule has 0 aromatic carbocycles. The zero-order valence-electron chi connectivity index (χ0n) is 13.5. The highest BCUT2D eigenvalue weighted by atomic mass is 32.2. The highest BCUT2D eigenvalue weighted by Gasteiger charge is 2.23. The molecule has 1 aromatic rings. The second-order valence-corrected chi connectivity index (χ2v) is 7.60. The third-order valence-electron chi connectivity index (χ3n) is 3.94. The van der Waals surface area contributed by atoms with Crippen molar-refractivity contribution in [2.45, 2.75) is 31.8 Å². The number of hydrogen-bond acceptors (Lipinski definition) is 6. The fourth-order valence-corrected chi connectivity index (χ4v) is 3.21. The number of pyridine rings is 1. The molecule has 1 fully saturated rings. The van der Waals surface area contributed by atoms with Crippen LogP contribution in [0.3, 0.4) is 0 Å². The van der Waals surface area contributed by atoms with E-state index in [2.05, 4.69) is 19.3 Å². The average Bonchev–Trinajstić information content (AvgIpc) is 2.53. The Morgan fingerprint density at radius 3 is 2.83 bits per heavy atom. The summed E-state index contributed by atoms with van der Waals surface area (Å²) in [6, 6.07) is 3.67. The quantitative estimate of drug-likeness (QED) is 0.769.